The maximum Gasteiger partial charge on any atom is 0.289 e. The van der Waals surface area contributed by atoms with Crippen LogP contribution in [-0.4, -0.2) is 24.2 Å². The Morgan fingerprint density at radius 1 is 1.50 bits per heavy atom. The quantitative estimate of drug-likeness (QED) is 0.258. The van der Waals surface area contributed by atoms with E-state index in [4.69, 9.17) is 5.84 Å². The fraction of sp³-hybridized carbons (Fsp3) is 0.250. The Kier molecular flexibility index (Phi) is 1.53. The molecule has 4 N–H and O–H groups in total. The molecule has 0 aromatic carbocycles. The largest absolute Gasteiger partial charge is 0.340 e. The van der Waals surface area contributed by atoms with Crippen LogP contribution in [0.3, 0.4) is 0 Å². The van der Waals surface area contributed by atoms with Gasteiger partial charge in [-0.2, -0.15) is 5.10 Å². The molecular weight excluding hydrogens is 136 g/mol. The van der Waals surface area contributed by atoms with Gasteiger partial charge in [0.1, 0.15) is 0 Å². The van der Waals surface area contributed by atoms with Crippen LogP contribution in [-0.2, 0) is 9.59 Å². The van der Waals surface area contributed by atoms with Crippen LogP contribution in [0, 0.1) is 0 Å². The number of nitrogens with one attached hydrogen (secondary N) is 2. The first-order valence-electron chi connectivity index (χ1n) is 2.60. The second kappa shape index (κ2) is 2.34. The van der Waals surface area contributed by atoms with Crippen molar-refractivity contribution in [3.05, 3.63) is 0 Å². The highest BCUT2D eigenvalue weighted by molar-refractivity contribution is 6.42. The molecule has 6 nitrogen and oxygen atoms in total. The maximum absolute atomic E-state index is 10.6. The van der Waals surface area contributed by atoms with Crippen LogP contribution in [0.4, 0.5) is 0 Å². The molecule has 2 amide bonds. The van der Waals surface area contributed by atoms with Crippen molar-refractivity contribution in [2.75, 3.05) is 6.54 Å². The van der Waals surface area contributed by atoms with Gasteiger partial charge in [-0.1, -0.05) is 0 Å². The minimum atomic E-state index is -0.456. The van der Waals surface area contributed by atoms with Crippen molar-refractivity contribution < 1.29 is 9.59 Å². The van der Waals surface area contributed by atoms with E-state index >= 15 is 0 Å². The predicted molar refractivity (Wildman–Crippen MR) is 32.8 cm³/mol. The number of hydrazone groups is 1. The van der Waals surface area contributed by atoms with E-state index in [0.717, 1.165) is 0 Å². The number of amides is 2. The first-order chi connectivity index (χ1) is 4.74. The third-order valence-corrected chi connectivity index (χ3v) is 1.01. The first kappa shape index (κ1) is 6.53. The molecule has 0 spiro atoms. The van der Waals surface area contributed by atoms with Crippen LogP contribution in [0.2, 0.25) is 0 Å². The molecule has 1 aliphatic rings. The van der Waals surface area contributed by atoms with Gasteiger partial charge in [0.2, 0.25) is 11.7 Å². The van der Waals surface area contributed by atoms with E-state index in [1.807, 2.05) is 0 Å². The number of carbonyl (C=O) groups is 2. The van der Waals surface area contributed by atoms with Crippen molar-refractivity contribution in [3.63, 3.8) is 0 Å². The highest BCUT2D eigenvalue weighted by Gasteiger charge is 2.20. The summed E-state index contributed by atoms with van der Waals surface area (Å²) >= 11 is 0. The normalized spacial score (nSPS) is 22.2. The monoisotopic (exact) mass is 142 g/mol. The lowest BCUT2D eigenvalue weighted by atomic mass is 10.4. The molecule has 0 bridgehead atoms. The van der Waals surface area contributed by atoms with Crippen molar-refractivity contribution in [1.82, 2.24) is 10.6 Å². The molecule has 1 aliphatic heterocycles. The Labute approximate surface area is 56.5 Å². The van der Waals surface area contributed by atoms with Crippen LogP contribution < -0.4 is 16.5 Å². The van der Waals surface area contributed by atoms with Crippen molar-refractivity contribution in [1.29, 1.82) is 0 Å². The lowest BCUT2D eigenvalue weighted by molar-refractivity contribution is -0.125. The zero-order valence-corrected chi connectivity index (χ0v) is 5.05. The predicted octanol–water partition coefficient (Wildman–Crippen LogP) is -2.50. The molecule has 10 heavy (non-hydrogen) atoms. The average molecular weight is 142 g/mol. The fourth-order valence-electron chi connectivity index (χ4n) is 0.568. The highest BCUT2D eigenvalue weighted by Crippen LogP contribution is 1.79. The number of nitrogens with zero attached hydrogens (tertiary/aromatic N) is 1. The lowest BCUT2D eigenvalue weighted by Crippen LogP contribution is -2.53. The van der Waals surface area contributed by atoms with E-state index < -0.39 is 5.91 Å². The Morgan fingerprint density at radius 3 is 2.70 bits per heavy atom. The lowest BCUT2D eigenvalue weighted by Gasteiger charge is -2.12. The van der Waals surface area contributed by atoms with Gasteiger partial charge in [-0.15, -0.1) is 0 Å². The highest BCUT2D eigenvalue weighted by atomic mass is 16.2. The summed E-state index contributed by atoms with van der Waals surface area (Å²) in [5.74, 6) is 3.85. The van der Waals surface area contributed by atoms with Gasteiger partial charge >= 0.3 is 0 Å². The maximum atomic E-state index is 10.6. The van der Waals surface area contributed by atoms with Gasteiger partial charge in [0.25, 0.3) is 5.91 Å². The fourth-order valence-corrected chi connectivity index (χ4v) is 0.568. The number of amidine groups is 1. The molecule has 1 fully saturated rings. The molecule has 0 aliphatic carbocycles. The number of hydrogen-bond acceptors (Lipinski definition) is 4. The summed E-state index contributed by atoms with van der Waals surface area (Å²) in [7, 11) is 0. The Balaban J connectivity index is 2.72. The van der Waals surface area contributed by atoms with Crippen molar-refractivity contribution >= 4 is 17.6 Å². The topological polar surface area (TPSA) is 96.6 Å². The molecule has 6 heteroatoms. The number of rotatable bonds is 0. The minimum Gasteiger partial charge on any atom is -0.340 e. The van der Waals surface area contributed by atoms with Gasteiger partial charge < -0.3 is 16.5 Å². The summed E-state index contributed by atoms with van der Waals surface area (Å²) < 4.78 is 0. The summed E-state index contributed by atoms with van der Waals surface area (Å²) in [6.07, 6.45) is 0. The van der Waals surface area contributed by atoms with Crippen LogP contribution in [0.1, 0.15) is 0 Å². The van der Waals surface area contributed by atoms with E-state index in [1.54, 1.807) is 0 Å². The van der Waals surface area contributed by atoms with Crippen molar-refractivity contribution in [3.8, 4) is 0 Å². The Bertz CT molecular complexity index is 209. The molecule has 0 aromatic rings. The zero-order valence-electron chi connectivity index (χ0n) is 5.05. The smallest absolute Gasteiger partial charge is 0.289 e. The van der Waals surface area contributed by atoms with E-state index in [2.05, 4.69) is 15.7 Å². The van der Waals surface area contributed by atoms with E-state index in [-0.39, 0.29) is 18.3 Å². The second-order valence-corrected chi connectivity index (χ2v) is 1.71. The SMILES string of the molecule is N/N=C1\NC(=O)CNC1=O. The Hall–Kier alpha value is -1.59. The molecule has 0 unspecified atom stereocenters. The van der Waals surface area contributed by atoms with Crippen LogP contribution in [0.25, 0.3) is 0 Å². The zero-order chi connectivity index (χ0) is 7.56. The van der Waals surface area contributed by atoms with Crippen molar-refractivity contribution in [2.45, 2.75) is 0 Å². The molecular formula is C4H6N4O2. The molecule has 1 saturated heterocycles. The Morgan fingerprint density at radius 2 is 2.20 bits per heavy atom. The number of piperazine rings is 1. The standard InChI is InChI=1S/C4H6N4O2/c5-8-3-4(10)6-1-2(9)7-3/h1,5H2,(H,6,10)(H,7,8,9). The second-order valence-electron chi connectivity index (χ2n) is 1.71. The van der Waals surface area contributed by atoms with Crippen LogP contribution in [0.5, 0.6) is 0 Å². The van der Waals surface area contributed by atoms with Crippen LogP contribution in [0.15, 0.2) is 5.10 Å². The molecule has 0 aromatic heterocycles. The van der Waals surface area contributed by atoms with Crippen molar-refractivity contribution in [2.24, 2.45) is 10.9 Å². The molecule has 1 heterocycles. The summed E-state index contributed by atoms with van der Waals surface area (Å²) in [6, 6.07) is 0. The van der Waals surface area contributed by atoms with Gasteiger partial charge in [-0.3, -0.25) is 9.59 Å². The molecule has 0 radical (unpaired) electrons. The average Bonchev–Trinajstić information content (AvgIpc) is 1.94. The van der Waals surface area contributed by atoms with Gasteiger partial charge in [0, 0.05) is 0 Å². The van der Waals surface area contributed by atoms with E-state index in [0.29, 0.717) is 0 Å². The van der Waals surface area contributed by atoms with Gasteiger partial charge in [-0.05, 0) is 0 Å². The minimum absolute atomic E-state index is 0.0160. The number of hydrogen-bond donors (Lipinski definition) is 3. The van der Waals surface area contributed by atoms with Gasteiger partial charge in [0.05, 0.1) is 6.54 Å². The third-order valence-electron chi connectivity index (χ3n) is 1.01. The first-order valence-corrected chi connectivity index (χ1v) is 2.60. The van der Waals surface area contributed by atoms with Gasteiger partial charge in [0.15, 0.2) is 0 Å². The van der Waals surface area contributed by atoms with E-state index in [9.17, 15) is 9.59 Å². The summed E-state index contributed by atoms with van der Waals surface area (Å²) in [6.45, 7) is -0.0160. The molecule has 0 saturated carbocycles. The molecule has 0 atom stereocenters. The molecule has 54 valence electrons. The summed E-state index contributed by atoms with van der Waals surface area (Å²) in [4.78, 5) is 21.1. The molecule has 1 rings (SSSR count). The number of carbonyl (C=O) groups excluding carboxylic acids is 2. The van der Waals surface area contributed by atoms with Crippen LogP contribution >= 0.6 is 0 Å². The summed E-state index contributed by atoms with van der Waals surface area (Å²) in [5.41, 5.74) is 0. The number of nitrogens with two attached hydrogens (primary N) is 1. The summed E-state index contributed by atoms with van der Waals surface area (Å²) in [5, 5.41) is 7.51. The van der Waals surface area contributed by atoms with Gasteiger partial charge in [-0.25, -0.2) is 0 Å². The third kappa shape index (κ3) is 1.04. The van der Waals surface area contributed by atoms with E-state index in [1.165, 1.54) is 0 Å².